The number of aromatic nitrogens is 3. The van der Waals surface area contributed by atoms with Crippen LogP contribution in [-0.4, -0.2) is 31.9 Å². The third-order valence-electron chi connectivity index (χ3n) is 3.55. The SMILES string of the molecule is OCC1(Nc2nc3c(Br)cccn3n2)CCCC1. The second-order valence-corrected chi connectivity index (χ2v) is 5.68. The molecule has 2 N–H and O–H groups in total. The lowest BCUT2D eigenvalue weighted by molar-refractivity contribution is 0.213. The van der Waals surface area contributed by atoms with Crippen molar-refractivity contribution >= 4 is 27.5 Å². The van der Waals surface area contributed by atoms with Crippen molar-refractivity contribution < 1.29 is 5.11 Å². The number of fused-ring (bicyclic) bond motifs is 1. The van der Waals surface area contributed by atoms with E-state index in [1.54, 1.807) is 4.52 Å². The van der Waals surface area contributed by atoms with Crippen molar-refractivity contribution in [1.29, 1.82) is 0 Å². The number of hydrogen-bond acceptors (Lipinski definition) is 4. The number of pyridine rings is 1. The molecule has 2 heterocycles. The predicted molar refractivity (Wildman–Crippen MR) is 72.6 cm³/mol. The molecule has 18 heavy (non-hydrogen) atoms. The highest BCUT2D eigenvalue weighted by atomic mass is 79.9. The molecular weight excluding hydrogens is 296 g/mol. The van der Waals surface area contributed by atoms with E-state index < -0.39 is 0 Å². The van der Waals surface area contributed by atoms with Gasteiger partial charge in [0.25, 0.3) is 0 Å². The van der Waals surface area contributed by atoms with Crippen LogP contribution < -0.4 is 5.32 Å². The van der Waals surface area contributed by atoms with Crippen molar-refractivity contribution in [1.82, 2.24) is 14.6 Å². The van der Waals surface area contributed by atoms with E-state index in [0.29, 0.717) is 5.95 Å². The molecule has 0 aliphatic heterocycles. The van der Waals surface area contributed by atoms with Crippen LogP contribution in [0.3, 0.4) is 0 Å². The summed E-state index contributed by atoms with van der Waals surface area (Å²) >= 11 is 3.45. The van der Waals surface area contributed by atoms with Crippen molar-refractivity contribution in [3.05, 3.63) is 22.8 Å². The average molecular weight is 311 g/mol. The summed E-state index contributed by atoms with van der Waals surface area (Å²) in [5.74, 6) is 0.581. The zero-order valence-corrected chi connectivity index (χ0v) is 11.5. The molecule has 0 spiro atoms. The molecule has 2 aromatic rings. The number of nitrogens with one attached hydrogen (secondary N) is 1. The van der Waals surface area contributed by atoms with E-state index in [1.807, 2.05) is 18.3 Å². The Balaban J connectivity index is 1.93. The van der Waals surface area contributed by atoms with Gasteiger partial charge in [0.1, 0.15) is 0 Å². The first-order valence-electron chi connectivity index (χ1n) is 6.12. The van der Waals surface area contributed by atoms with E-state index in [0.717, 1.165) is 35.8 Å². The monoisotopic (exact) mass is 310 g/mol. The summed E-state index contributed by atoms with van der Waals surface area (Å²) in [4.78, 5) is 4.45. The zero-order chi connectivity index (χ0) is 12.6. The minimum atomic E-state index is -0.239. The van der Waals surface area contributed by atoms with E-state index in [2.05, 4.69) is 31.3 Å². The van der Waals surface area contributed by atoms with E-state index in [-0.39, 0.29) is 12.1 Å². The quantitative estimate of drug-likeness (QED) is 0.912. The van der Waals surface area contributed by atoms with Gasteiger partial charge in [0.05, 0.1) is 16.6 Å². The van der Waals surface area contributed by atoms with Gasteiger partial charge in [0, 0.05) is 6.20 Å². The maximum absolute atomic E-state index is 9.57. The molecule has 1 fully saturated rings. The molecule has 0 aromatic carbocycles. The van der Waals surface area contributed by atoms with Crippen molar-refractivity contribution in [3.63, 3.8) is 0 Å². The largest absolute Gasteiger partial charge is 0.394 e. The van der Waals surface area contributed by atoms with Crippen LogP contribution in [-0.2, 0) is 0 Å². The minimum Gasteiger partial charge on any atom is -0.394 e. The highest BCUT2D eigenvalue weighted by molar-refractivity contribution is 9.10. The summed E-state index contributed by atoms with van der Waals surface area (Å²) in [6.45, 7) is 0.129. The lowest BCUT2D eigenvalue weighted by Crippen LogP contribution is -2.39. The fourth-order valence-electron chi connectivity index (χ4n) is 2.54. The van der Waals surface area contributed by atoms with Gasteiger partial charge in [-0.25, -0.2) is 4.52 Å². The van der Waals surface area contributed by atoms with Gasteiger partial charge in [-0.1, -0.05) is 12.8 Å². The molecule has 0 saturated heterocycles. The Morgan fingerprint density at radius 1 is 1.44 bits per heavy atom. The van der Waals surface area contributed by atoms with Crippen LogP contribution in [0.4, 0.5) is 5.95 Å². The number of rotatable bonds is 3. The second-order valence-electron chi connectivity index (χ2n) is 4.83. The molecule has 0 bridgehead atoms. The van der Waals surface area contributed by atoms with Crippen LogP contribution in [0.25, 0.3) is 5.65 Å². The molecule has 6 heteroatoms. The van der Waals surface area contributed by atoms with Crippen molar-refractivity contribution in [3.8, 4) is 0 Å². The first-order valence-corrected chi connectivity index (χ1v) is 6.92. The zero-order valence-electron chi connectivity index (χ0n) is 9.93. The lowest BCUT2D eigenvalue weighted by atomic mass is 9.99. The highest BCUT2D eigenvalue weighted by Gasteiger charge is 2.34. The first kappa shape index (κ1) is 11.9. The Labute approximate surface area is 113 Å². The summed E-state index contributed by atoms with van der Waals surface area (Å²) < 4.78 is 2.64. The Kier molecular flexibility index (Phi) is 2.99. The number of hydrogen-bond donors (Lipinski definition) is 2. The fraction of sp³-hybridized carbons (Fsp3) is 0.500. The van der Waals surface area contributed by atoms with Gasteiger partial charge in [-0.15, -0.1) is 5.10 Å². The van der Waals surface area contributed by atoms with E-state index in [4.69, 9.17) is 0 Å². The van der Waals surface area contributed by atoms with E-state index in [1.165, 1.54) is 0 Å². The van der Waals surface area contributed by atoms with Gasteiger partial charge < -0.3 is 10.4 Å². The molecule has 0 radical (unpaired) electrons. The number of aliphatic hydroxyl groups excluding tert-OH is 1. The van der Waals surface area contributed by atoms with Crippen LogP contribution in [0.2, 0.25) is 0 Å². The molecule has 96 valence electrons. The Hall–Kier alpha value is -1.14. The Morgan fingerprint density at radius 2 is 2.22 bits per heavy atom. The maximum Gasteiger partial charge on any atom is 0.243 e. The second kappa shape index (κ2) is 4.51. The average Bonchev–Trinajstić information content (AvgIpc) is 2.97. The van der Waals surface area contributed by atoms with Gasteiger partial charge in [0.15, 0.2) is 5.65 Å². The van der Waals surface area contributed by atoms with Crippen molar-refractivity contribution in [2.45, 2.75) is 31.2 Å². The smallest absolute Gasteiger partial charge is 0.243 e. The fourth-order valence-corrected chi connectivity index (χ4v) is 2.96. The maximum atomic E-state index is 9.57. The summed E-state index contributed by atoms with van der Waals surface area (Å²) in [6, 6.07) is 3.85. The van der Waals surface area contributed by atoms with Crippen LogP contribution in [0, 0.1) is 0 Å². The Bertz CT molecular complexity index is 562. The van der Waals surface area contributed by atoms with E-state index in [9.17, 15) is 5.11 Å². The summed E-state index contributed by atoms with van der Waals surface area (Å²) in [6.07, 6.45) is 6.09. The molecular formula is C12H15BrN4O. The van der Waals surface area contributed by atoms with Gasteiger partial charge >= 0.3 is 0 Å². The van der Waals surface area contributed by atoms with Gasteiger partial charge in [-0.05, 0) is 40.9 Å². The first-order chi connectivity index (χ1) is 8.72. The number of aliphatic hydroxyl groups is 1. The van der Waals surface area contributed by atoms with Gasteiger partial charge in [-0.2, -0.15) is 4.98 Å². The Morgan fingerprint density at radius 3 is 2.89 bits per heavy atom. The summed E-state index contributed by atoms with van der Waals surface area (Å²) in [7, 11) is 0. The van der Waals surface area contributed by atoms with Crippen molar-refractivity contribution in [2.75, 3.05) is 11.9 Å². The van der Waals surface area contributed by atoms with Crippen LogP contribution in [0.5, 0.6) is 0 Å². The standard InChI is InChI=1S/C12H15BrN4O/c13-9-4-3-7-17-10(9)14-11(16-17)15-12(8-18)5-1-2-6-12/h3-4,7,18H,1-2,5-6,8H2,(H,15,16). The molecule has 1 aliphatic carbocycles. The molecule has 0 amide bonds. The molecule has 5 nitrogen and oxygen atoms in total. The topological polar surface area (TPSA) is 62.5 Å². The minimum absolute atomic E-state index is 0.129. The number of anilines is 1. The third-order valence-corrected chi connectivity index (χ3v) is 4.17. The molecule has 2 aromatic heterocycles. The number of halogens is 1. The van der Waals surface area contributed by atoms with Gasteiger partial charge in [0.2, 0.25) is 5.95 Å². The van der Waals surface area contributed by atoms with E-state index >= 15 is 0 Å². The molecule has 1 aliphatic rings. The van der Waals surface area contributed by atoms with Crippen LogP contribution >= 0.6 is 15.9 Å². The normalized spacial score (nSPS) is 18.3. The van der Waals surface area contributed by atoms with Crippen molar-refractivity contribution in [2.24, 2.45) is 0 Å². The third kappa shape index (κ3) is 1.99. The summed E-state index contributed by atoms with van der Waals surface area (Å²) in [5, 5.41) is 17.3. The van der Waals surface area contributed by atoms with Gasteiger partial charge in [-0.3, -0.25) is 0 Å². The molecule has 3 rings (SSSR count). The molecule has 0 atom stereocenters. The van der Waals surface area contributed by atoms with Crippen LogP contribution in [0.15, 0.2) is 22.8 Å². The predicted octanol–water partition coefficient (Wildman–Crippen LogP) is 2.21. The number of nitrogens with zero attached hydrogens (tertiary/aromatic N) is 3. The summed E-state index contributed by atoms with van der Waals surface area (Å²) in [5.41, 5.74) is 0.545. The van der Waals surface area contributed by atoms with Crippen LogP contribution in [0.1, 0.15) is 25.7 Å². The molecule has 0 unspecified atom stereocenters. The molecule has 1 saturated carbocycles. The lowest BCUT2D eigenvalue weighted by Gasteiger charge is -2.26. The highest BCUT2D eigenvalue weighted by Crippen LogP contribution is 2.32.